The smallest absolute Gasteiger partial charge is 0.243 e. The molecule has 0 spiro atoms. The lowest BCUT2D eigenvalue weighted by Gasteiger charge is -2.33. The Balaban J connectivity index is 1.75. The fourth-order valence-electron chi connectivity index (χ4n) is 2.68. The van der Waals surface area contributed by atoms with Gasteiger partial charge in [-0.25, -0.2) is 16.8 Å². The number of piperazine rings is 1. The molecule has 0 radical (unpaired) electrons. The van der Waals surface area contributed by atoms with Gasteiger partial charge in [0.2, 0.25) is 20.0 Å². The van der Waals surface area contributed by atoms with E-state index in [0.717, 1.165) is 0 Å². The first-order chi connectivity index (χ1) is 11.8. The van der Waals surface area contributed by atoms with Crippen LogP contribution >= 0.6 is 0 Å². The predicted molar refractivity (Wildman–Crippen MR) is 94.8 cm³/mol. The van der Waals surface area contributed by atoms with E-state index in [1.54, 1.807) is 18.2 Å². The first-order valence-electron chi connectivity index (χ1n) is 7.73. The molecule has 0 unspecified atom stereocenters. The van der Waals surface area contributed by atoms with E-state index in [1.165, 1.54) is 45.0 Å². The number of rotatable bonds is 4. The third-order valence-electron chi connectivity index (χ3n) is 4.10. The molecule has 2 N–H and O–H groups in total. The Morgan fingerprint density at radius 2 is 1.04 bits per heavy atom. The molecule has 0 atom stereocenters. The quantitative estimate of drug-likeness (QED) is 0.795. The Morgan fingerprint density at radius 3 is 1.48 bits per heavy atom. The summed E-state index contributed by atoms with van der Waals surface area (Å²) in [5.41, 5.74) is 6.07. The van der Waals surface area contributed by atoms with Crippen molar-refractivity contribution in [3.63, 3.8) is 0 Å². The summed E-state index contributed by atoms with van der Waals surface area (Å²) in [6, 6.07) is 14.1. The molecule has 0 aliphatic carbocycles. The lowest BCUT2D eigenvalue weighted by molar-refractivity contribution is 0.273. The number of nitrogens with two attached hydrogens (primary N) is 1. The second-order valence-corrected chi connectivity index (χ2v) is 9.57. The van der Waals surface area contributed by atoms with Gasteiger partial charge < -0.3 is 5.73 Å². The first kappa shape index (κ1) is 17.9. The zero-order chi connectivity index (χ0) is 18.1. The number of anilines is 1. The summed E-state index contributed by atoms with van der Waals surface area (Å²) in [5.74, 6) is 0. The van der Waals surface area contributed by atoms with Crippen LogP contribution < -0.4 is 5.73 Å². The number of nitrogen functional groups attached to an aromatic ring is 1. The van der Waals surface area contributed by atoms with Crippen molar-refractivity contribution in [2.24, 2.45) is 0 Å². The van der Waals surface area contributed by atoms with Crippen molar-refractivity contribution in [3.8, 4) is 0 Å². The van der Waals surface area contributed by atoms with E-state index >= 15 is 0 Å². The van der Waals surface area contributed by atoms with Gasteiger partial charge >= 0.3 is 0 Å². The number of sulfonamides is 2. The van der Waals surface area contributed by atoms with E-state index in [-0.39, 0.29) is 36.0 Å². The van der Waals surface area contributed by atoms with E-state index in [2.05, 4.69) is 0 Å². The standard InChI is InChI=1S/C16H19N3O4S2/c17-14-6-8-16(9-7-14)25(22,23)19-12-10-18(11-13-19)24(20,21)15-4-2-1-3-5-15/h1-9H,10-13,17H2. The highest BCUT2D eigenvalue weighted by Gasteiger charge is 2.33. The minimum atomic E-state index is -3.66. The maximum absolute atomic E-state index is 12.6. The highest BCUT2D eigenvalue weighted by Crippen LogP contribution is 2.22. The molecule has 25 heavy (non-hydrogen) atoms. The molecule has 1 heterocycles. The summed E-state index contributed by atoms with van der Waals surface area (Å²) >= 11 is 0. The second-order valence-electron chi connectivity index (χ2n) is 5.69. The molecule has 1 fully saturated rings. The number of hydrogen-bond donors (Lipinski definition) is 1. The Hall–Kier alpha value is -1.94. The van der Waals surface area contributed by atoms with Gasteiger partial charge in [0.05, 0.1) is 9.79 Å². The van der Waals surface area contributed by atoms with Gasteiger partial charge in [-0.2, -0.15) is 8.61 Å². The molecular weight excluding hydrogens is 362 g/mol. The maximum Gasteiger partial charge on any atom is 0.243 e. The monoisotopic (exact) mass is 381 g/mol. The molecule has 1 saturated heterocycles. The van der Waals surface area contributed by atoms with Crippen LogP contribution in [0.5, 0.6) is 0 Å². The predicted octanol–water partition coefficient (Wildman–Crippen LogP) is 0.964. The topological polar surface area (TPSA) is 101 Å². The number of nitrogens with zero attached hydrogens (tertiary/aromatic N) is 2. The fraction of sp³-hybridized carbons (Fsp3) is 0.250. The van der Waals surface area contributed by atoms with Crippen molar-refractivity contribution >= 4 is 25.7 Å². The molecule has 1 aliphatic heterocycles. The molecule has 3 rings (SSSR count). The normalized spacial score (nSPS) is 17.4. The Kier molecular flexibility index (Phi) is 4.83. The largest absolute Gasteiger partial charge is 0.399 e. The van der Waals surface area contributed by atoms with Crippen molar-refractivity contribution in [2.75, 3.05) is 31.9 Å². The lowest BCUT2D eigenvalue weighted by atomic mass is 10.3. The minimum Gasteiger partial charge on any atom is -0.399 e. The first-order valence-corrected chi connectivity index (χ1v) is 10.6. The van der Waals surface area contributed by atoms with Crippen LogP contribution in [-0.4, -0.2) is 51.6 Å². The summed E-state index contributed by atoms with van der Waals surface area (Å²) in [4.78, 5) is 0.367. The lowest BCUT2D eigenvalue weighted by Crippen LogP contribution is -2.50. The van der Waals surface area contributed by atoms with E-state index in [4.69, 9.17) is 5.73 Å². The molecule has 2 aromatic rings. The van der Waals surface area contributed by atoms with Crippen LogP contribution in [0.4, 0.5) is 5.69 Å². The van der Waals surface area contributed by atoms with Crippen molar-refractivity contribution in [3.05, 3.63) is 54.6 Å². The highest BCUT2D eigenvalue weighted by molar-refractivity contribution is 7.89. The van der Waals surface area contributed by atoms with Gasteiger partial charge in [0.1, 0.15) is 0 Å². The SMILES string of the molecule is Nc1ccc(S(=O)(=O)N2CCN(S(=O)(=O)c3ccccc3)CC2)cc1. The van der Waals surface area contributed by atoms with Gasteiger partial charge in [0.25, 0.3) is 0 Å². The molecule has 0 bridgehead atoms. The molecule has 1 aliphatic rings. The molecule has 9 heteroatoms. The van der Waals surface area contributed by atoms with Crippen LogP contribution in [0.3, 0.4) is 0 Å². The molecule has 0 saturated carbocycles. The third-order valence-corrected chi connectivity index (χ3v) is 7.92. The maximum atomic E-state index is 12.6. The van der Waals surface area contributed by atoms with Gasteiger partial charge in [-0.05, 0) is 36.4 Å². The summed E-state index contributed by atoms with van der Waals surface area (Å²) in [7, 11) is -7.26. The molecular formula is C16H19N3O4S2. The van der Waals surface area contributed by atoms with Gasteiger partial charge in [0.15, 0.2) is 0 Å². The fourth-order valence-corrected chi connectivity index (χ4v) is 5.55. The molecule has 0 aromatic heterocycles. The highest BCUT2D eigenvalue weighted by atomic mass is 32.2. The number of benzene rings is 2. The Bertz CT molecular complexity index is 935. The van der Waals surface area contributed by atoms with Crippen LogP contribution in [0, 0.1) is 0 Å². The van der Waals surface area contributed by atoms with Crippen LogP contribution in [0.15, 0.2) is 64.4 Å². The van der Waals surface area contributed by atoms with Crippen molar-refractivity contribution in [1.29, 1.82) is 0 Å². The van der Waals surface area contributed by atoms with E-state index < -0.39 is 20.0 Å². The van der Waals surface area contributed by atoms with Crippen molar-refractivity contribution in [2.45, 2.75) is 9.79 Å². The zero-order valence-corrected chi connectivity index (χ0v) is 15.1. The van der Waals surface area contributed by atoms with E-state index in [1.807, 2.05) is 0 Å². The van der Waals surface area contributed by atoms with Crippen LogP contribution in [0.25, 0.3) is 0 Å². The van der Waals surface area contributed by atoms with Gasteiger partial charge in [-0.15, -0.1) is 0 Å². The van der Waals surface area contributed by atoms with Gasteiger partial charge in [-0.3, -0.25) is 0 Å². The summed E-state index contributed by atoms with van der Waals surface area (Å²) in [6.07, 6.45) is 0. The van der Waals surface area contributed by atoms with Crippen molar-refractivity contribution in [1.82, 2.24) is 8.61 Å². The Morgan fingerprint density at radius 1 is 0.640 bits per heavy atom. The molecule has 0 amide bonds. The third kappa shape index (κ3) is 3.54. The molecule has 7 nitrogen and oxygen atoms in total. The second kappa shape index (κ2) is 6.75. The summed E-state index contributed by atoms with van der Waals surface area (Å²) < 4.78 is 53.1. The average Bonchev–Trinajstić information content (AvgIpc) is 2.63. The molecule has 2 aromatic carbocycles. The van der Waals surface area contributed by atoms with Crippen LogP contribution in [0.1, 0.15) is 0 Å². The zero-order valence-electron chi connectivity index (χ0n) is 13.4. The van der Waals surface area contributed by atoms with E-state index in [9.17, 15) is 16.8 Å². The van der Waals surface area contributed by atoms with Crippen molar-refractivity contribution < 1.29 is 16.8 Å². The minimum absolute atomic E-state index is 0.110. The Labute approximate surface area is 147 Å². The average molecular weight is 381 g/mol. The van der Waals surface area contributed by atoms with E-state index in [0.29, 0.717) is 5.69 Å². The van der Waals surface area contributed by atoms with Crippen LogP contribution in [0.2, 0.25) is 0 Å². The van der Waals surface area contributed by atoms with Crippen LogP contribution in [-0.2, 0) is 20.0 Å². The van der Waals surface area contributed by atoms with Gasteiger partial charge in [-0.1, -0.05) is 18.2 Å². The summed E-state index contributed by atoms with van der Waals surface area (Å²) in [6.45, 7) is 0.453. The number of hydrogen-bond acceptors (Lipinski definition) is 5. The summed E-state index contributed by atoms with van der Waals surface area (Å²) in [5, 5.41) is 0. The molecule has 134 valence electrons. The van der Waals surface area contributed by atoms with Gasteiger partial charge in [0, 0.05) is 31.9 Å².